The van der Waals surface area contributed by atoms with E-state index in [1.807, 2.05) is 12.1 Å². The highest BCUT2D eigenvalue weighted by atomic mass is 15.2. The zero-order valence-electron chi connectivity index (χ0n) is 11.3. The number of aromatic amines is 1. The summed E-state index contributed by atoms with van der Waals surface area (Å²) >= 11 is 0. The molecular formula is C14H19N5. The number of nitrogens with one attached hydrogen (secondary N) is 2. The lowest BCUT2D eigenvalue weighted by Crippen LogP contribution is -2.44. The van der Waals surface area contributed by atoms with Crippen LogP contribution in [0.5, 0.6) is 0 Å². The van der Waals surface area contributed by atoms with Crippen molar-refractivity contribution in [2.24, 2.45) is 0 Å². The molecule has 19 heavy (non-hydrogen) atoms. The number of likely N-dealkylation sites (N-methyl/N-ethyl adjacent to an activating group) is 1. The second-order valence-corrected chi connectivity index (χ2v) is 5.03. The molecule has 0 amide bonds. The highest BCUT2D eigenvalue weighted by molar-refractivity contribution is 5.61. The molecular weight excluding hydrogens is 238 g/mol. The van der Waals surface area contributed by atoms with Crippen LogP contribution < -0.4 is 5.32 Å². The molecule has 0 spiro atoms. The summed E-state index contributed by atoms with van der Waals surface area (Å²) in [5.41, 5.74) is 3.25. The standard InChI is InChI=1S/C14H19N5/c1-10-13(11-3-5-15-6-4-11)18-14(17-10)12-9-16-7-8-19(12)2/h3-6,12,16H,7-9H2,1-2H3,(H,17,18). The zero-order chi connectivity index (χ0) is 13.2. The lowest BCUT2D eigenvalue weighted by Gasteiger charge is -2.31. The van der Waals surface area contributed by atoms with Crippen LogP contribution in [0.3, 0.4) is 0 Å². The van der Waals surface area contributed by atoms with E-state index in [0.29, 0.717) is 6.04 Å². The summed E-state index contributed by atoms with van der Waals surface area (Å²) in [5, 5.41) is 3.42. The summed E-state index contributed by atoms with van der Waals surface area (Å²) in [6, 6.07) is 4.31. The first-order chi connectivity index (χ1) is 9.25. The highest BCUT2D eigenvalue weighted by Gasteiger charge is 2.24. The fourth-order valence-electron chi connectivity index (χ4n) is 2.54. The Morgan fingerprint density at radius 2 is 2.11 bits per heavy atom. The molecule has 2 N–H and O–H groups in total. The molecule has 1 fully saturated rings. The first kappa shape index (κ1) is 12.3. The third kappa shape index (κ3) is 2.39. The Balaban J connectivity index is 1.93. The number of hydrogen-bond donors (Lipinski definition) is 2. The maximum atomic E-state index is 4.79. The van der Waals surface area contributed by atoms with Crippen molar-refractivity contribution in [3.63, 3.8) is 0 Å². The van der Waals surface area contributed by atoms with E-state index in [0.717, 1.165) is 42.4 Å². The monoisotopic (exact) mass is 257 g/mol. The molecule has 5 nitrogen and oxygen atoms in total. The summed E-state index contributed by atoms with van der Waals surface area (Å²) in [5.74, 6) is 1.04. The minimum absolute atomic E-state index is 0.322. The van der Waals surface area contributed by atoms with Gasteiger partial charge in [0.05, 0.1) is 11.7 Å². The maximum Gasteiger partial charge on any atom is 0.125 e. The number of aromatic nitrogens is 3. The maximum absolute atomic E-state index is 4.79. The summed E-state index contributed by atoms with van der Waals surface area (Å²) in [4.78, 5) is 14.6. The van der Waals surface area contributed by atoms with E-state index in [9.17, 15) is 0 Å². The van der Waals surface area contributed by atoms with E-state index in [-0.39, 0.29) is 0 Å². The molecule has 2 aromatic rings. The molecule has 3 heterocycles. The Bertz CT molecular complexity index is 548. The first-order valence-electron chi connectivity index (χ1n) is 6.63. The lowest BCUT2D eigenvalue weighted by molar-refractivity contribution is 0.195. The van der Waals surface area contributed by atoms with Crippen LogP contribution in [0.1, 0.15) is 17.6 Å². The lowest BCUT2D eigenvalue weighted by atomic mass is 10.2. The van der Waals surface area contributed by atoms with Crippen LogP contribution in [-0.4, -0.2) is 46.5 Å². The summed E-state index contributed by atoms with van der Waals surface area (Å²) in [7, 11) is 2.15. The van der Waals surface area contributed by atoms with E-state index in [2.05, 4.69) is 34.2 Å². The number of H-pyrrole nitrogens is 1. The van der Waals surface area contributed by atoms with Crippen molar-refractivity contribution in [3.05, 3.63) is 36.0 Å². The van der Waals surface area contributed by atoms with Gasteiger partial charge in [0.25, 0.3) is 0 Å². The molecule has 0 saturated carbocycles. The van der Waals surface area contributed by atoms with Crippen molar-refractivity contribution in [2.45, 2.75) is 13.0 Å². The van der Waals surface area contributed by atoms with E-state index >= 15 is 0 Å². The van der Waals surface area contributed by atoms with E-state index in [4.69, 9.17) is 4.98 Å². The van der Waals surface area contributed by atoms with Crippen molar-refractivity contribution in [1.82, 2.24) is 25.2 Å². The summed E-state index contributed by atoms with van der Waals surface area (Å²) in [6.45, 7) is 5.11. The van der Waals surface area contributed by atoms with Gasteiger partial charge in [0, 0.05) is 43.3 Å². The van der Waals surface area contributed by atoms with Crippen molar-refractivity contribution in [3.8, 4) is 11.3 Å². The molecule has 0 aromatic carbocycles. The number of rotatable bonds is 2. The molecule has 0 radical (unpaired) electrons. The second kappa shape index (κ2) is 5.11. The van der Waals surface area contributed by atoms with Crippen LogP contribution in [0.15, 0.2) is 24.5 Å². The van der Waals surface area contributed by atoms with Gasteiger partial charge in [0.15, 0.2) is 0 Å². The average molecular weight is 257 g/mol. The zero-order valence-corrected chi connectivity index (χ0v) is 11.3. The Labute approximate surface area is 113 Å². The molecule has 0 bridgehead atoms. The van der Waals surface area contributed by atoms with Gasteiger partial charge >= 0.3 is 0 Å². The van der Waals surface area contributed by atoms with Gasteiger partial charge in [-0.15, -0.1) is 0 Å². The quantitative estimate of drug-likeness (QED) is 0.853. The molecule has 1 aliphatic rings. The fraction of sp³-hybridized carbons (Fsp3) is 0.429. The smallest absolute Gasteiger partial charge is 0.125 e. The van der Waals surface area contributed by atoms with Crippen molar-refractivity contribution < 1.29 is 0 Å². The molecule has 3 rings (SSSR count). The number of piperazine rings is 1. The molecule has 100 valence electrons. The third-order valence-electron chi connectivity index (χ3n) is 3.68. The van der Waals surface area contributed by atoms with Crippen molar-refractivity contribution in [2.75, 3.05) is 26.7 Å². The van der Waals surface area contributed by atoms with Crippen LogP contribution >= 0.6 is 0 Å². The third-order valence-corrected chi connectivity index (χ3v) is 3.68. The van der Waals surface area contributed by atoms with Gasteiger partial charge in [-0.3, -0.25) is 9.88 Å². The molecule has 1 aliphatic heterocycles. The van der Waals surface area contributed by atoms with E-state index in [1.165, 1.54) is 0 Å². The normalized spacial score (nSPS) is 20.6. The average Bonchev–Trinajstić information content (AvgIpc) is 2.82. The first-order valence-corrected chi connectivity index (χ1v) is 6.63. The molecule has 1 atom stereocenters. The van der Waals surface area contributed by atoms with Gasteiger partial charge in [-0.1, -0.05) is 0 Å². The number of nitrogens with zero attached hydrogens (tertiary/aromatic N) is 3. The van der Waals surface area contributed by atoms with E-state index in [1.54, 1.807) is 12.4 Å². The molecule has 1 saturated heterocycles. The minimum Gasteiger partial charge on any atom is -0.344 e. The SMILES string of the molecule is Cc1[nH]c(C2CNCCN2C)nc1-c1ccncc1. The predicted octanol–water partition coefficient (Wildman–Crippen LogP) is 1.36. The summed E-state index contributed by atoms with van der Waals surface area (Å²) < 4.78 is 0. The van der Waals surface area contributed by atoms with Gasteiger partial charge < -0.3 is 10.3 Å². The number of pyridine rings is 1. The van der Waals surface area contributed by atoms with Crippen LogP contribution in [0.4, 0.5) is 0 Å². The topological polar surface area (TPSA) is 56.8 Å². The van der Waals surface area contributed by atoms with Crippen molar-refractivity contribution >= 4 is 0 Å². The highest BCUT2D eigenvalue weighted by Crippen LogP contribution is 2.25. The largest absolute Gasteiger partial charge is 0.344 e. The number of imidazole rings is 1. The van der Waals surface area contributed by atoms with Gasteiger partial charge in [-0.25, -0.2) is 4.98 Å². The predicted molar refractivity (Wildman–Crippen MR) is 74.8 cm³/mol. The van der Waals surface area contributed by atoms with Crippen LogP contribution in [-0.2, 0) is 0 Å². The fourth-order valence-corrected chi connectivity index (χ4v) is 2.54. The van der Waals surface area contributed by atoms with Gasteiger partial charge in [-0.05, 0) is 26.1 Å². The molecule has 0 aliphatic carbocycles. The Hall–Kier alpha value is -1.72. The van der Waals surface area contributed by atoms with Crippen molar-refractivity contribution in [1.29, 1.82) is 0 Å². The molecule has 2 aromatic heterocycles. The summed E-state index contributed by atoms with van der Waals surface area (Å²) in [6.07, 6.45) is 3.61. The van der Waals surface area contributed by atoms with Gasteiger partial charge in [0.1, 0.15) is 5.82 Å². The van der Waals surface area contributed by atoms with Crippen LogP contribution in [0.25, 0.3) is 11.3 Å². The van der Waals surface area contributed by atoms with Crippen LogP contribution in [0, 0.1) is 6.92 Å². The van der Waals surface area contributed by atoms with Gasteiger partial charge in [0.2, 0.25) is 0 Å². The Kier molecular flexibility index (Phi) is 3.31. The second-order valence-electron chi connectivity index (χ2n) is 5.03. The molecule has 1 unspecified atom stereocenters. The Morgan fingerprint density at radius 1 is 1.32 bits per heavy atom. The molecule has 5 heteroatoms. The Morgan fingerprint density at radius 3 is 2.84 bits per heavy atom. The van der Waals surface area contributed by atoms with Crippen LogP contribution in [0.2, 0.25) is 0 Å². The van der Waals surface area contributed by atoms with Gasteiger partial charge in [-0.2, -0.15) is 0 Å². The van der Waals surface area contributed by atoms with E-state index < -0.39 is 0 Å². The number of aryl methyl sites for hydroxylation is 1. The number of hydrogen-bond acceptors (Lipinski definition) is 4. The minimum atomic E-state index is 0.322.